The third-order valence-electron chi connectivity index (χ3n) is 3.32. The van der Waals surface area contributed by atoms with Gasteiger partial charge in [-0.25, -0.2) is 0 Å². The van der Waals surface area contributed by atoms with Crippen molar-refractivity contribution in [2.24, 2.45) is 5.73 Å². The molecule has 17 heavy (non-hydrogen) atoms. The van der Waals surface area contributed by atoms with Crippen LogP contribution in [0, 0.1) is 0 Å². The molecule has 0 saturated carbocycles. The zero-order valence-corrected chi connectivity index (χ0v) is 11.1. The number of nitrogens with two attached hydrogens (primary N) is 1. The van der Waals surface area contributed by atoms with Crippen molar-refractivity contribution >= 4 is 17.3 Å². The van der Waals surface area contributed by atoms with E-state index in [9.17, 15) is 0 Å². The number of anilines is 1. The lowest BCUT2D eigenvalue weighted by Gasteiger charge is -2.20. The molecule has 0 amide bonds. The summed E-state index contributed by atoms with van der Waals surface area (Å²) in [6.07, 6.45) is 1.38. The van der Waals surface area contributed by atoms with Gasteiger partial charge in [0.25, 0.3) is 0 Å². The predicted molar refractivity (Wildman–Crippen MR) is 71.7 cm³/mol. The highest BCUT2D eigenvalue weighted by Crippen LogP contribution is 2.31. The number of ether oxygens (including phenoxy) is 1. The van der Waals surface area contributed by atoms with Crippen molar-refractivity contribution in [1.29, 1.82) is 0 Å². The van der Waals surface area contributed by atoms with E-state index in [1.807, 2.05) is 19.1 Å². The SMILES string of the molecule is COC1CCN(c2ccc([C@@H](C)N)cc2Cl)C1. The molecule has 4 heteroatoms. The Morgan fingerprint density at radius 2 is 2.29 bits per heavy atom. The third kappa shape index (κ3) is 2.73. The highest BCUT2D eigenvalue weighted by molar-refractivity contribution is 6.33. The quantitative estimate of drug-likeness (QED) is 0.901. The second-order valence-corrected chi connectivity index (χ2v) is 5.00. The van der Waals surface area contributed by atoms with Crippen molar-refractivity contribution in [3.8, 4) is 0 Å². The van der Waals surface area contributed by atoms with E-state index in [4.69, 9.17) is 22.1 Å². The maximum absolute atomic E-state index is 6.31. The molecular formula is C13H19ClN2O. The van der Waals surface area contributed by atoms with E-state index < -0.39 is 0 Å². The monoisotopic (exact) mass is 254 g/mol. The van der Waals surface area contributed by atoms with Crippen molar-refractivity contribution in [2.45, 2.75) is 25.5 Å². The van der Waals surface area contributed by atoms with Crippen LogP contribution < -0.4 is 10.6 Å². The fourth-order valence-corrected chi connectivity index (χ4v) is 2.51. The number of halogens is 1. The normalized spacial score (nSPS) is 21.9. The number of nitrogens with zero attached hydrogens (tertiary/aromatic N) is 1. The Morgan fingerprint density at radius 1 is 1.53 bits per heavy atom. The van der Waals surface area contributed by atoms with E-state index >= 15 is 0 Å². The molecule has 2 rings (SSSR count). The summed E-state index contributed by atoms with van der Waals surface area (Å²) in [5, 5.41) is 0.775. The Balaban J connectivity index is 2.17. The summed E-state index contributed by atoms with van der Waals surface area (Å²) >= 11 is 6.31. The van der Waals surface area contributed by atoms with Gasteiger partial charge in [0.15, 0.2) is 0 Å². The molecule has 94 valence electrons. The minimum absolute atomic E-state index is 0.0202. The van der Waals surface area contributed by atoms with Gasteiger partial charge < -0.3 is 15.4 Å². The van der Waals surface area contributed by atoms with Gasteiger partial charge in [0.05, 0.1) is 16.8 Å². The lowest BCUT2D eigenvalue weighted by atomic mass is 10.1. The minimum Gasteiger partial charge on any atom is -0.380 e. The molecule has 0 bridgehead atoms. The molecule has 1 heterocycles. The second-order valence-electron chi connectivity index (χ2n) is 4.59. The summed E-state index contributed by atoms with van der Waals surface area (Å²) in [6.45, 7) is 3.87. The predicted octanol–water partition coefficient (Wildman–Crippen LogP) is 2.58. The number of hydrogen-bond donors (Lipinski definition) is 1. The fourth-order valence-electron chi connectivity index (χ4n) is 2.20. The van der Waals surface area contributed by atoms with Gasteiger partial charge in [0.1, 0.15) is 0 Å². The van der Waals surface area contributed by atoms with Gasteiger partial charge in [-0.05, 0) is 31.0 Å². The van der Waals surface area contributed by atoms with Crippen LogP contribution in [0.15, 0.2) is 18.2 Å². The van der Waals surface area contributed by atoms with E-state index in [-0.39, 0.29) is 6.04 Å². The van der Waals surface area contributed by atoms with Gasteiger partial charge >= 0.3 is 0 Å². The minimum atomic E-state index is 0.0202. The van der Waals surface area contributed by atoms with Crippen LogP contribution in [0.5, 0.6) is 0 Å². The molecule has 1 saturated heterocycles. The van der Waals surface area contributed by atoms with Crippen LogP contribution in [0.2, 0.25) is 5.02 Å². The van der Waals surface area contributed by atoms with Crippen molar-refractivity contribution < 1.29 is 4.74 Å². The summed E-state index contributed by atoms with van der Waals surface area (Å²) < 4.78 is 5.36. The highest BCUT2D eigenvalue weighted by atomic mass is 35.5. The average molecular weight is 255 g/mol. The molecule has 0 aromatic heterocycles. The number of hydrogen-bond acceptors (Lipinski definition) is 3. The Labute approximate surface area is 107 Å². The molecule has 2 N–H and O–H groups in total. The Hall–Kier alpha value is -0.770. The fraction of sp³-hybridized carbons (Fsp3) is 0.538. The zero-order chi connectivity index (χ0) is 12.4. The van der Waals surface area contributed by atoms with Gasteiger partial charge in [-0.1, -0.05) is 17.7 Å². The van der Waals surface area contributed by atoms with Crippen molar-refractivity contribution in [1.82, 2.24) is 0 Å². The van der Waals surface area contributed by atoms with Crippen LogP contribution in [-0.2, 0) is 4.74 Å². The van der Waals surface area contributed by atoms with Crippen LogP contribution >= 0.6 is 11.6 Å². The Bertz CT molecular complexity index is 395. The molecule has 1 aliphatic heterocycles. The van der Waals surface area contributed by atoms with Gasteiger partial charge in [-0.15, -0.1) is 0 Å². The summed E-state index contributed by atoms with van der Waals surface area (Å²) in [6, 6.07) is 6.08. The van der Waals surface area contributed by atoms with Gasteiger partial charge in [0, 0.05) is 26.2 Å². The molecule has 1 fully saturated rings. The molecule has 1 unspecified atom stereocenters. The number of methoxy groups -OCH3 is 1. The first-order chi connectivity index (χ1) is 8.11. The van der Waals surface area contributed by atoms with Crippen molar-refractivity contribution in [3.05, 3.63) is 28.8 Å². The third-order valence-corrected chi connectivity index (χ3v) is 3.62. The molecule has 2 atom stereocenters. The topological polar surface area (TPSA) is 38.5 Å². The summed E-state index contributed by atoms with van der Waals surface area (Å²) in [4.78, 5) is 2.27. The first-order valence-electron chi connectivity index (χ1n) is 5.94. The van der Waals surface area contributed by atoms with Crippen LogP contribution in [0.3, 0.4) is 0 Å². The first kappa shape index (κ1) is 12.7. The second kappa shape index (κ2) is 5.25. The summed E-state index contributed by atoms with van der Waals surface area (Å²) in [7, 11) is 1.76. The van der Waals surface area contributed by atoms with Crippen LogP contribution in [0.25, 0.3) is 0 Å². The Kier molecular flexibility index (Phi) is 3.92. The van der Waals surface area contributed by atoms with Crippen molar-refractivity contribution in [3.63, 3.8) is 0 Å². The molecule has 0 spiro atoms. The molecular weight excluding hydrogens is 236 g/mol. The molecule has 0 radical (unpaired) electrons. The highest BCUT2D eigenvalue weighted by Gasteiger charge is 2.23. The largest absolute Gasteiger partial charge is 0.380 e. The standard InChI is InChI=1S/C13H19ClN2O/c1-9(15)10-3-4-13(12(14)7-10)16-6-5-11(8-16)17-2/h3-4,7,9,11H,5-6,8,15H2,1-2H3/t9-,11?/m1/s1. The van der Waals surface area contributed by atoms with Crippen LogP contribution in [0.1, 0.15) is 24.9 Å². The van der Waals surface area contributed by atoms with E-state index in [1.165, 1.54) is 0 Å². The summed E-state index contributed by atoms with van der Waals surface area (Å²) in [5.41, 5.74) is 7.99. The molecule has 1 aromatic carbocycles. The summed E-state index contributed by atoms with van der Waals surface area (Å²) in [5.74, 6) is 0. The van der Waals surface area contributed by atoms with Crippen LogP contribution in [-0.4, -0.2) is 26.3 Å². The first-order valence-corrected chi connectivity index (χ1v) is 6.32. The van der Waals surface area contributed by atoms with Gasteiger partial charge in [-0.2, -0.15) is 0 Å². The van der Waals surface area contributed by atoms with Gasteiger partial charge in [-0.3, -0.25) is 0 Å². The van der Waals surface area contributed by atoms with Crippen molar-refractivity contribution in [2.75, 3.05) is 25.1 Å². The number of benzene rings is 1. The maximum atomic E-state index is 6.31. The molecule has 1 aliphatic rings. The molecule has 3 nitrogen and oxygen atoms in total. The lowest BCUT2D eigenvalue weighted by molar-refractivity contribution is 0.121. The van der Waals surface area contributed by atoms with Crippen LogP contribution in [0.4, 0.5) is 5.69 Å². The lowest BCUT2D eigenvalue weighted by Crippen LogP contribution is -2.22. The van der Waals surface area contributed by atoms with E-state index in [0.29, 0.717) is 6.10 Å². The zero-order valence-electron chi connectivity index (χ0n) is 10.3. The van der Waals surface area contributed by atoms with E-state index in [2.05, 4.69) is 11.0 Å². The molecule has 0 aliphatic carbocycles. The smallest absolute Gasteiger partial charge is 0.0762 e. The maximum Gasteiger partial charge on any atom is 0.0762 e. The number of rotatable bonds is 3. The molecule has 1 aromatic rings. The van der Waals surface area contributed by atoms with E-state index in [1.54, 1.807) is 7.11 Å². The Morgan fingerprint density at radius 3 is 2.82 bits per heavy atom. The van der Waals surface area contributed by atoms with Gasteiger partial charge in [0.2, 0.25) is 0 Å². The van der Waals surface area contributed by atoms with E-state index in [0.717, 1.165) is 35.8 Å². The average Bonchev–Trinajstić information content (AvgIpc) is 2.77.